The number of carbonyl (C=O) groups excluding carboxylic acids is 1. The van der Waals surface area contributed by atoms with Crippen molar-refractivity contribution in [2.24, 2.45) is 11.7 Å². The van der Waals surface area contributed by atoms with Gasteiger partial charge in [-0.1, -0.05) is 19.1 Å². The molecule has 1 unspecified atom stereocenters. The van der Waals surface area contributed by atoms with Gasteiger partial charge >= 0.3 is 0 Å². The van der Waals surface area contributed by atoms with Crippen LogP contribution in [0.4, 0.5) is 5.69 Å². The van der Waals surface area contributed by atoms with Crippen molar-refractivity contribution >= 4 is 24.0 Å². The lowest BCUT2D eigenvalue weighted by Crippen LogP contribution is -2.43. The Morgan fingerprint density at radius 1 is 1.48 bits per heavy atom. The summed E-state index contributed by atoms with van der Waals surface area (Å²) < 4.78 is 0. The Bertz CT molecular complexity index is 463. The number of aryl methyl sites for hydroxylation is 1. The van der Waals surface area contributed by atoms with Crippen molar-refractivity contribution in [2.45, 2.75) is 32.2 Å². The zero-order chi connectivity index (χ0) is 14.5. The third kappa shape index (κ3) is 5.30. The topological polar surface area (TPSA) is 58.4 Å². The fraction of sp³-hybridized carbons (Fsp3) is 0.562. The number of nitrogens with one attached hydrogen (secondary N) is 1. The molecule has 0 aromatic heterocycles. The van der Waals surface area contributed by atoms with Crippen LogP contribution < -0.4 is 11.1 Å². The molecule has 4 nitrogen and oxygen atoms in total. The van der Waals surface area contributed by atoms with Crippen LogP contribution in [0.5, 0.6) is 0 Å². The number of halogens is 1. The van der Waals surface area contributed by atoms with E-state index in [-0.39, 0.29) is 18.3 Å². The van der Waals surface area contributed by atoms with Gasteiger partial charge in [0.15, 0.2) is 0 Å². The molecular weight excluding hydrogens is 286 g/mol. The highest BCUT2D eigenvalue weighted by atomic mass is 35.5. The first-order valence-electron chi connectivity index (χ1n) is 7.43. The van der Waals surface area contributed by atoms with Gasteiger partial charge in [-0.25, -0.2) is 0 Å². The third-order valence-electron chi connectivity index (χ3n) is 3.99. The first-order valence-corrected chi connectivity index (χ1v) is 7.43. The second-order valence-electron chi connectivity index (χ2n) is 5.66. The Kier molecular flexibility index (Phi) is 7.15. The molecule has 5 heteroatoms. The highest BCUT2D eigenvalue weighted by molar-refractivity contribution is 5.92. The van der Waals surface area contributed by atoms with Crippen LogP contribution in [0.25, 0.3) is 0 Å². The lowest BCUT2D eigenvalue weighted by atomic mass is 10.1. The number of hydrogen-bond donors (Lipinski definition) is 2. The summed E-state index contributed by atoms with van der Waals surface area (Å²) >= 11 is 0. The van der Waals surface area contributed by atoms with E-state index in [1.54, 1.807) is 0 Å². The largest absolute Gasteiger partial charge is 0.329 e. The maximum absolute atomic E-state index is 12.1. The maximum atomic E-state index is 12.1. The molecule has 21 heavy (non-hydrogen) atoms. The summed E-state index contributed by atoms with van der Waals surface area (Å²) in [7, 11) is 1.98. The summed E-state index contributed by atoms with van der Waals surface area (Å²) in [5.41, 5.74) is 7.91. The van der Waals surface area contributed by atoms with E-state index < -0.39 is 0 Å². The molecular formula is C16H26ClN3O. The summed E-state index contributed by atoms with van der Waals surface area (Å²) in [6.45, 7) is 3.13. The fourth-order valence-electron chi connectivity index (χ4n) is 2.63. The average molecular weight is 312 g/mol. The number of nitrogens with zero attached hydrogens (tertiary/aromatic N) is 1. The maximum Gasteiger partial charge on any atom is 0.238 e. The smallest absolute Gasteiger partial charge is 0.238 e. The van der Waals surface area contributed by atoms with Gasteiger partial charge in [0, 0.05) is 18.3 Å². The van der Waals surface area contributed by atoms with Gasteiger partial charge in [0.05, 0.1) is 6.54 Å². The minimum Gasteiger partial charge on any atom is -0.329 e. The summed E-state index contributed by atoms with van der Waals surface area (Å²) in [5, 5.41) is 2.96. The summed E-state index contributed by atoms with van der Waals surface area (Å²) in [5.74, 6) is 0.709. The van der Waals surface area contributed by atoms with E-state index in [0.29, 0.717) is 25.0 Å². The molecule has 1 aromatic carbocycles. The highest BCUT2D eigenvalue weighted by Gasteiger charge is 2.33. The second-order valence-corrected chi connectivity index (χ2v) is 5.66. The lowest BCUT2D eigenvalue weighted by Gasteiger charge is -2.26. The van der Waals surface area contributed by atoms with E-state index in [4.69, 9.17) is 5.73 Å². The van der Waals surface area contributed by atoms with Crippen LogP contribution >= 0.6 is 12.4 Å². The predicted octanol–water partition coefficient (Wildman–Crippen LogP) is 2.28. The van der Waals surface area contributed by atoms with Crippen molar-refractivity contribution in [3.8, 4) is 0 Å². The number of nitrogens with two attached hydrogens (primary N) is 1. The summed E-state index contributed by atoms with van der Waals surface area (Å²) in [6.07, 6.45) is 3.46. The number of amides is 1. The number of rotatable bonds is 7. The van der Waals surface area contributed by atoms with Crippen LogP contribution in [0.3, 0.4) is 0 Å². The van der Waals surface area contributed by atoms with E-state index in [0.717, 1.165) is 12.1 Å². The average Bonchev–Trinajstić information content (AvgIpc) is 3.24. The van der Waals surface area contributed by atoms with E-state index in [1.807, 2.05) is 25.2 Å². The van der Waals surface area contributed by atoms with E-state index >= 15 is 0 Å². The molecule has 0 spiro atoms. The molecule has 1 saturated carbocycles. The van der Waals surface area contributed by atoms with Gasteiger partial charge in [0.2, 0.25) is 5.91 Å². The molecule has 1 aliphatic rings. The van der Waals surface area contributed by atoms with E-state index in [9.17, 15) is 4.79 Å². The van der Waals surface area contributed by atoms with Gasteiger partial charge in [0.25, 0.3) is 0 Å². The van der Waals surface area contributed by atoms with Gasteiger partial charge in [-0.2, -0.15) is 0 Å². The molecule has 0 aliphatic heterocycles. The van der Waals surface area contributed by atoms with Gasteiger partial charge in [-0.3, -0.25) is 9.69 Å². The van der Waals surface area contributed by atoms with Crippen LogP contribution in [-0.4, -0.2) is 37.0 Å². The Balaban J connectivity index is 0.00000220. The van der Waals surface area contributed by atoms with Crippen LogP contribution in [-0.2, 0) is 11.2 Å². The zero-order valence-electron chi connectivity index (χ0n) is 12.8. The van der Waals surface area contributed by atoms with Crippen molar-refractivity contribution in [3.05, 3.63) is 29.8 Å². The number of hydrogen-bond acceptors (Lipinski definition) is 3. The first kappa shape index (κ1) is 18.0. The molecule has 1 fully saturated rings. The van der Waals surface area contributed by atoms with E-state index in [1.165, 1.54) is 18.4 Å². The van der Waals surface area contributed by atoms with Crippen LogP contribution in [0.2, 0.25) is 0 Å². The predicted molar refractivity (Wildman–Crippen MR) is 89.9 cm³/mol. The molecule has 3 N–H and O–H groups in total. The van der Waals surface area contributed by atoms with Gasteiger partial charge in [0.1, 0.15) is 0 Å². The second kappa shape index (κ2) is 8.37. The number of benzene rings is 1. The third-order valence-corrected chi connectivity index (χ3v) is 3.99. The molecule has 2 rings (SSSR count). The fourth-order valence-corrected chi connectivity index (χ4v) is 2.63. The Labute approximate surface area is 133 Å². The van der Waals surface area contributed by atoms with Gasteiger partial charge in [-0.15, -0.1) is 12.4 Å². The van der Waals surface area contributed by atoms with Crippen LogP contribution in [0, 0.1) is 5.92 Å². The molecule has 1 amide bonds. The highest BCUT2D eigenvalue weighted by Crippen LogP contribution is 2.34. The Morgan fingerprint density at radius 3 is 2.76 bits per heavy atom. The molecule has 0 bridgehead atoms. The number of anilines is 1. The monoisotopic (exact) mass is 311 g/mol. The van der Waals surface area contributed by atoms with Crippen LogP contribution in [0.1, 0.15) is 25.3 Å². The van der Waals surface area contributed by atoms with Crippen molar-refractivity contribution in [1.29, 1.82) is 0 Å². The summed E-state index contributed by atoms with van der Waals surface area (Å²) in [6, 6.07) is 8.34. The Morgan fingerprint density at radius 2 is 2.19 bits per heavy atom. The molecule has 118 valence electrons. The molecule has 0 radical (unpaired) electrons. The standard InChI is InChI=1S/C16H25N3O.ClH/c1-3-12-5-4-6-14(9-12)18-16(20)11-19(2)15(10-17)13-7-8-13;/h4-6,9,13,15H,3,7-8,10-11,17H2,1-2H3,(H,18,20);1H. The van der Waals surface area contributed by atoms with Crippen molar-refractivity contribution in [1.82, 2.24) is 4.90 Å². The molecule has 1 aromatic rings. The van der Waals surface area contributed by atoms with Crippen LogP contribution in [0.15, 0.2) is 24.3 Å². The quantitative estimate of drug-likeness (QED) is 0.812. The zero-order valence-corrected chi connectivity index (χ0v) is 13.7. The van der Waals surface area contributed by atoms with Gasteiger partial charge in [-0.05, 0) is 49.9 Å². The Hall–Kier alpha value is -1.10. The van der Waals surface area contributed by atoms with E-state index in [2.05, 4.69) is 23.2 Å². The van der Waals surface area contributed by atoms with Crippen molar-refractivity contribution < 1.29 is 4.79 Å². The molecule has 1 atom stereocenters. The first-order chi connectivity index (χ1) is 9.63. The summed E-state index contributed by atoms with van der Waals surface area (Å²) in [4.78, 5) is 14.2. The minimum absolute atomic E-state index is 0. The molecule has 1 aliphatic carbocycles. The normalized spacial score (nSPS) is 15.4. The molecule has 0 saturated heterocycles. The van der Waals surface area contributed by atoms with Crippen molar-refractivity contribution in [3.63, 3.8) is 0 Å². The lowest BCUT2D eigenvalue weighted by molar-refractivity contribution is -0.117. The number of likely N-dealkylation sites (N-methyl/N-ethyl adjacent to an activating group) is 1. The van der Waals surface area contributed by atoms with Gasteiger partial charge < -0.3 is 11.1 Å². The SMILES string of the molecule is CCc1cccc(NC(=O)CN(C)C(CN)C2CC2)c1.Cl. The number of carbonyl (C=O) groups is 1. The minimum atomic E-state index is 0. The van der Waals surface area contributed by atoms with Crippen molar-refractivity contribution in [2.75, 3.05) is 25.5 Å². The molecule has 0 heterocycles.